The third kappa shape index (κ3) is 1.82. The zero-order chi connectivity index (χ0) is 9.14. The van der Waals surface area contributed by atoms with Crippen molar-refractivity contribution in [1.82, 2.24) is 4.98 Å². The first-order valence-corrected chi connectivity index (χ1v) is 4.62. The lowest BCUT2D eigenvalue weighted by atomic mass is 9.95. The van der Waals surface area contributed by atoms with Crippen LogP contribution in [-0.2, 0) is 4.79 Å². The van der Waals surface area contributed by atoms with Gasteiger partial charge in [0.2, 0.25) is 0 Å². The molecule has 0 fully saturated rings. The molecule has 0 bridgehead atoms. The number of aliphatic carboxylic acids is 1. The summed E-state index contributed by atoms with van der Waals surface area (Å²) in [6.45, 7) is 3.80. The lowest BCUT2D eigenvalue weighted by molar-refractivity contribution is -0.139. The first-order valence-electron chi connectivity index (χ1n) is 3.74. The van der Waals surface area contributed by atoms with Crippen LogP contribution in [0.4, 0.5) is 0 Å². The predicted molar refractivity (Wildman–Crippen MR) is 47.3 cm³/mol. The van der Waals surface area contributed by atoms with Crippen LogP contribution in [-0.4, -0.2) is 16.1 Å². The molecule has 0 aliphatic rings. The van der Waals surface area contributed by atoms with Gasteiger partial charge in [-0.2, -0.15) is 0 Å². The third-order valence-corrected chi connectivity index (χ3v) is 2.55. The van der Waals surface area contributed by atoms with Gasteiger partial charge in [0.1, 0.15) is 0 Å². The minimum absolute atomic E-state index is 0.114. The summed E-state index contributed by atoms with van der Waals surface area (Å²) in [6.07, 6.45) is 1.63. The Balaban J connectivity index is 2.88. The van der Waals surface area contributed by atoms with Crippen LogP contribution >= 0.6 is 11.3 Å². The van der Waals surface area contributed by atoms with Gasteiger partial charge in [0.05, 0.1) is 11.4 Å². The maximum atomic E-state index is 10.8. The quantitative estimate of drug-likeness (QED) is 0.783. The summed E-state index contributed by atoms with van der Waals surface area (Å²) in [6, 6.07) is 0. The van der Waals surface area contributed by atoms with E-state index in [0.29, 0.717) is 0 Å². The van der Waals surface area contributed by atoms with Crippen molar-refractivity contribution >= 4 is 17.3 Å². The van der Waals surface area contributed by atoms with E-state index in [0.717, 1.165) is 4.88 Å². The summed E-state index contributed by atoms with van der Waals surface area (Å²) < 4.78 is 0. The molecule has 1 N–H and O–H groups in total. The summed E-state index contributed by atoms with van der Waals surface area (Å²) >= 11 is 1.40. The molecule has 0 saturated carbocycles. The zero-order valence-electron chi connectivity index (χ0n) is 7.02. The smallest absolute Gasteiger partial charge is 0.312 e. The molecule has 0 aromatic carbocycles. The molecular formula is C8H11NO2S. The lowest BCUT2D eigenvalue weighted by Crippen LogP contribution is -2.16. The molecular weight excluding hydrogens is 174 g/mol. The summed E-state index contributed by atoms with van der Waals surface area (Å²) in [7, 11) is 0. The minimum Gasteiger partial charge on any atom is -0.481 e. The maximum Gasteiger partial charge on any atom is 0.312 e. The molecule has 0 radical (unpaired) electrons. The molecule has 1 rings (SSSR count). The highest BCUT2D eigenvalue weighted by Crippen LogP contribution is 2.27. The van der Waals surface area contributed by atoms with Crippen LogP contribution in [0.2, 0.25) is 0 Å². The fourth-order valence-electron chi connectivity index (χ4n) is 1.11. The van der Waals surface area contributed by atoms with E-state index in [1.54, 1.807) is 11.7 Å². The number of nitrogens with zero attached hydrogens (tertiary/aromatic N) is 1. The minimum atomic E-state index is -0.769. The summed E-state index contributed by atoms with van der Waals surface area (Å²) in [4.78, 5) is 15.5. The van der Waals surface area contributed by atoms with E-state index >= 15 is 0 Å². The Labute approximate surface area is 75.1 Å². The molecule has 0 amide bonds. The molecule has 1 unspecified atom stereocenters. The molecule has 0 aliphatic heterocycles. The average Bonchev–Trinajstić information content (AvgIpc) is 2.37. The summed E-state index contributed by atoms with van der Waals surface area (Å²) in [5.41, 5.74) is 1.66. The predicted octanol–water partition coefficient (Wildman–Crippen LogP) is 1.97. The molecule has 0 spiro atoms. The van der Waals surface area contributed by atoms with Crippen LogP contribution in [0, 0.1) is 5.92 Å². The van der Waals surface area contributed by atoms with Crippen molar-refractivity contribution in [2.24, 2.45) is 5.92 Å². The van der Waals surface area contributed by atoms with Gasteiger partial charge in [-0.05, 0) is 5.92 Å². The van der Waals surface area contributed by atoms with E-state index in [-0.39, 0.29) is 5.92 Å². The highest BCUT2D eigenvalue weighted by molar-refractivity contribution is 7.09. The Hall–Kier alpha value is -0.900. The standard InChI is InChI=1S/C8H11NO2S/c1-5(2)7(8(10)11)6-3-9-4-12-6/h3-5,7H,1-2H3,(H,10,11). The second kappa shape index (κ2) is 3.67. The van der Waals surface area contributed by atoms with Crippen molar-refractivity contribution in [3.63, 3.8) is 0 Å². The molecule has 1 aromatic heterocycles. The first kappa shape index (κ1) is 9.19. The van der Waals surface area contributed by atoms with Gasteiger partial charge in [-0.3, -0.25) is 9.78 Å². The van der Waals surface area contributed by atoms with Crippen molar-refractivity contribution in [3.05, 3.63) is 16.6 Å². The number of carboxylic acid groups (broad SMARTS) is 1. The van der Waals surface area contributed by atoms with E-state index in [1.807, 2.05) is 13.8 Å². The second-order valence-electron chi connectivity index (χ2n) is 2.96. The Kier molecular flexibility index (Phi) is 2.81. The van der Waals surface area contributed by atoms with Crippen LogP contribution in [0.15, 0.2) is 11.7 Å². The van der Waals surface area contributed by atoms with Crippen LogP contribution in [0.25, 0.3) is 0 Å². The second-order valence-corrected chi connectivity index (χ2v) is 3.88. The first-order chi connectivity index (χ1) is 5.63. The molecule has 1 heterocycles. The van der Waals surface area contributed by atoms with Crippen molar-refractivity contribution in [3.8, 4) is 0 Å². The summed E-state index contributed by atoms with van der Waals surface area (Å²) in [5.74, 6) is -1.06. The van der Waals surface area contributed by atoms with E-state index < -0.39 is 11.9 Å². The molecule has 0 saturated heterocycles. The molecule has 1 atom stereocenters. The van der Waals surface area contributed by atoms with Gasteiger partial charge >= 0.3 is 5.97 Å². The van der Waals surface area contributed by atoms with Crippen molar-refractivity contribution in [2.75, 3.05) is 0 Å². The van der Waals surface area contributed by atoms with Crippen molar-refractivity contribution in [1.29, 1.82) is 0 Å². The van der Waals surface area contributed by atoms with E-state index in [1.165, 1.54) is 11.3 Å². The highest BCUT2D eigenvalue weighted by Gasteiger charge is 2.24. The number of hydrogen-bond acceptors (Lipinski definition) is 3. The van der Waals surface area contributed by atoms with Crippen LogP contribution in [0.5, 0.6) is 0 Å². The van der Waals surface area contributed by atoms with E-state index in [9.17, 15) is 4.79 Å². The number of carboxylic acids is 1. The SMILES string of the molecule is CC(C)C(C(=O)O)c1cncs1. The van der Waals surface area contributed by atoms with Crippen molar-refractivity contribution < 1.29 is 9.90 Å². The monoisotopic (exact) mass is 185 g/mol. The normalized spacial score (nSPS) is 13.2. The van der Waals surface area contributed by atoms with Crippen LogP contribution in [0.3, 0.4) is 0 Å². The molecule has 4 heteroatoms. The Morgan fingerprint density at radius 3 is 2.67 bits per heavy atom. The topological polar surface area (TPSA) is 50.2 Å². The molecule has 1 aromatic rings. The highest BCUT2D eigenvalue weighted by atomic mass is 32.1. The Morgan fingerprint density at radius 2 is 2.33 bits per heavy atom. The van der Waals surface area contributed by atoms with Gasteiger partial charge in [-0.25, -0.2) is 0 Å². The summed E-state index contributed by atoms with van der Waals surface area (Å²) in [5, 5.41) is 8.89. The number of rotatable bonds is 3. The average molecular weight is 185 g/mol. The van der Waals surface area contributed by atoms with E-state index in [2.05, 4.69) is 4.98 Å². The van der Waals surface area contributed by atoms with Gasteiger partial charge in [0, 0.05) is 11.1 Å². The van der Waals surface area contributed by atoms with Crippen LogP contribution < -0.4 is 0 Å². The van der Waals surface area contributed by atoms with Gasteiger partial charge in [0.25, 0.3) is 0 Å². The molecule has 12 heavy (non-hydrogen) atoms. The van der Waals surface area contributed by atoms with E-state index in [4.69, 9.17) is 5.11 Å². The van der Waals surface area contributed by atoms with Gasteiger partial charge in [0.15, 0.2) is 0 Å². The largest absolute Gasteiger partial charge is 0.481 e. The number of aromatic nitrogens is 1. The fourth-order valence-corrected chi connectivity index (χ4v) is 2.00. The lowest BCUT2D eigenvalue weighted by Gasteiger charge is -2.12. The Morgan fingerprint density at radius 1 is 1.67 bits per heavy atom. The Bertz CT molecular complexity index is 256. The maximum absolute atomic E-state index is 10.8. The molecule has 3 nitrogen and oxygen atoms in total. The van der Waals surface area contributed by atoms with Gasteiger partial charge in [-0.15, -0.1) is 11.3 Å². The van der Waals surface area contributed by atoms with Gasteiger partial charge < -0.3 is 5.11 Å². The zero-order valence-corrected chi connectivity index (χ0v) is 7.84. The number of hydrogen-bond donors (Lipinski definition) is 1. The fraction of sp³-hybridized carbons (Fsp3) is 0.500. The third-order valence-electron chi connectivity index (χ3n) is 1.69. The van der Waals surface area contributed by atoms with Gasteiger partial charge in [-0.1, -0.05) is 13.8 Å². The molecule has 66 valence electrons. The number of thiazole rings is 1. The molecule has 0 aliphatic carbocycles. The number of carbonyl (C=O) groups is 1. The van der Waals surface area contributed by atoms with Crippen molar-refractivity contribution in [2.45, 2.75) is 19.8 Å². The van der Waals surface area contributed by atoms with Crippen LogP contribution in [0.1, 0.15) is 24.6 Å².